The maximum absolute atomic E-state index is 12.1. The van der Waals surface area contributed by atoms with Gasteiger partial charge >= 0.3 is 0 Å². The average Bonchev–Trinajstić information content (AvgIpc) is 2.57. The van der Waals surface area contributed by atoms with Gasteiger partial charge in [-0.15, -0.1) is 0 Å². The summed E-state index contributed by atoms with van der Waals surface area (Å²) in [7, 11) is 1.63. The van der Waals surface area contributed by atoms with E-state index in [0.29, 0.717) is 23.9 Å². The summed E-state index contributed by atoms with van der Waals surface area (Å²) < 4.78 is 10.5. The molecule has 0 atom stereocenters. The second kappa shape index (κ2) is 9.15. The molecular weight excluding hydrogens is 328 g/mol. The summed E-state index contributed by atoms with van der Waals surface area (Å²) in [4.78, 5) is 12.1. The van der Waals surface area contributed by atoms with Gasteiger partial charge in [0.2, 0.25) is 5.91 Å². The van der Waals surface area contributed by atoms with Crippen LogP contribution < -0.4 is 15.4 Å². The molecule has 5 nitrogen and oxygen atoms in total. The van der Waals surface area contributed by atoms with E-state index in [1.54, 1.807) is 19.2 Å². The Hall–Kier alpha value is -2.24. The Bertz CT molecular complexity index is 692. The molecule has 0 aliphatic heterocycles. The summed E-state index contributed by atoms with van der Waals surface area (Å²) in [5.74, 6) is 0.578. The number of carbonyl (C=O) groups excluding carboxylic acids is 1. The highest BCUT2D eigenvalue weighted by molar-refractivity contribution is 6.31. The van der Waals surface area contributed by atoms with Crippen molar-refractivity contribution >= 4 is 28.9 Å². The molecule has 128 valence electrons. The minimum absolute atomic E-state index is 0.146. The van der Waals surface area contributed by atoms with Gasteiger partial charge in [-0.2, -0.15) is 0 Å². The molecule has 24 heavy (non-hydrogen) atoms. The third kappa shape index (κ3) is 5.76. The zero-order valence-corrected chi connectivity index (χ0v) is 14.5. The number of benzene rings is 2. The van der Waals surface area contributed by atoms with Gasteiger partial charge < -0.3 is 20.1 Å². The molecule has 0 fully saturated rings. The van der Waals surface area contributed by atoms with Crippen LogP contribution in [-0.2, 0) is 9.53 Å². The smallest absolute Gasteiger partial charge is 0.243 e. The highest BCUT2D eigenvalue weighted by Crippen LogP contribution is 2.20. The van der Waals surface area contributed by atoms with Crippen LogP contribution in [-0.4, -0.2) is 32.8 Å². The van der Waals surface area contributed by atoms with E-state index in [1.165, 1.54) is 0 Å². The van der Waals surface area contributed by atoms with Crippen LogP contribution in [0.3, 0.4) is 0 Å². The summed E-state index contributed by atoms with van der Waals surface area (Å²) in [6, 6.07) is 12.8. The Morgan fingerprint density at radius 2 is 2.00 bits per heavy atom. The number of hydrogen-bond acceptors (Lipinski definition) is 4. The molecule has 2 aromatic carbocycles. The SMILES string of the molecule is COCCOc1cccc(NCC(=O)Nc2cc(Cl)ccc2C)c1. The van der Waals surface area contributed by atoms with Gasteiger partial charge in [0.25, 0.3) is 0 Å². The van der Waals surface area contributed by atoms with Crippen LogP contribution in [0.4, 0.5) is 11.4 Å². The number of anilines is 2. The topological polar surface area (TPSA) is 59.6 Å². The molecule has 0 aromatic heterocycles. The van der Waals surface area contributed by atoms with Crippen LogP contribution in [0.1, 0.15) is 5.56 Å². The number of nitrogens with one attached hydrogen (secondary N) is 2. The molecule has 0 aliphatic carbocycles. The van der Waals surface area contributed by atoms with Gasteiger partial charge in [-0.05, 0) is 36.8 Å². The monoisotopic (exact) mass is 348 g/mol. The number of rotatable bonds is 8. The zero-order valence-electron chi connectivity index (χ0n) is 13.8. The summed E-state index contributed by atoms with van der Waals surface area (Å²) in [5.41, 5.74) is 2.48. The van der Waals surface area contributed by atoms with E-state index >= 15 is 0 Å². The van der Waals surface area contributed by atoms with Crippen LogP contribution in [0.25, 0.3) is 0 Å². The zero-order chi connectivity index (χ0) is 17.4. The molecule has 0 spiro atoms. The molecular formula is C18H21ClN2O3. The molecule has 0 saturated heterocycles. The fourth-order valence-electron chi connectivity index (χ4n) is 2.04. The fraction of sp³-hybridized carbons (Fsp3) is 0.278. The predicted molar refractivity (Wildman–Crippen MR) is 97.1 cm³/mol. The van der Waals surface area contributed by atoms with Crippen molar-refractivity contribution < 1.29 is 14.3 Å². The lowest BCUT2D eigenvalue weighted by atomic mass is 10.2. The van der Waals surface area contributed by atoms with Crippen molar-refractivity contribution in [2.45, 2.75) is 6.92 Å². The summed E-state index contributed by atoms with van der Waals surface area (Å²) in [6.07, 6.45) is 0. The van der Waals surface area contributed by atoms with Crippen molar-refractivity contribution in [3.05, 3.63) is 53.1 Å². The molecule has 0 bridgehead atoms. The first-order valence-electron chi connectivity index (χ1n) is 7.60. The largest absolute Gasteiger partial charge is 0.491 e. The molecule has 0 unspecified atom stereocenters. The van der Waals surface area contributed by atoms with Gasteiger partial charge in [0.15, 0.2) is 0 Å². The van der Waals surface area contributed by atoms with Gasteiger partial charge in [0.1, 0.15) is 12.4 Å². The Morgan fingerprint density at radius 1 is 1.17 bits per heavy atom. The minimum Gasteiger partial charge on any atom is -0.491 e. The number of amides is 1. The van der Waals surface area contributed by atoms with Gasteiger partial charge in [-0.3, -0.25) is 4.79 Å². The lowest BCUT2D eigenvalue weighted by Gasteiger charge is -2.11. The van der Waals surface area contributed by atoms with Crippen LogP contribution in [0, 0.1) is 6.92 Å². The first kappa shape index (κ1) is 18.1. The number of methoxy groups -OCH3 is 1. The summed E-state index contributed by atoms with van der Waals surface area (Å²) in [5, 5.41) is 6.51. The molecule has 0 saturated carbocycles. The molecule has 2 aromatic rings. The first-order valence-corrected chi connectivity index (χ1v) is 7.98. The Labute approximate surface area is 146 Å². The van der Waals surface area contributed by atoms with Crippen molar-refractivity contribution in [2.24, 2.45) is 0 Å². The third-order valence-corrected chi connectivity index (χ3v) is 3.55. The average molecular weight is 349 g/mol. The highest BCUT2D eigenvalue weighted by Gasteiger charge is 2.06. The van der Waals surface area contributed by atoms with Crippen molar-refractivity contribution in [3.8, 4) is 5.75 Å². The highest BCUT2D eigenvalue weighted by atomic mass is 35.5. The van der Waals surface area contributed by atoms with E-state index in [9.17, 15) is 4.79 Å². The predicted octanol–water partition coefficient (Wildman–Crippen LogP) is 3.72. The van der Waals surface area contributed by atoms with Crippen molar-refractivity contribution in [2.75, 3.05) is 37.5 Å². The van der Waals surface area contributed by atoms with Crippen LogP contribution in [0.15, 0.2) is 42.5 Å². The lowest BCUT2D eigenvalue weighted by Crippen LogP contribution is -2.22. The standard InChI is InChI=1S/C18H21ClN2O3/c1-13-6-7-14(19)10-17(13)21-18(22)12-20-15-4-3-5-16(11-15)24-9-8-23-2/h3-7,10-11,20H,8-9,12H2,1-2H3,(H,21,22). The van der Waals surface area contributed by atoms with Gasteiger partial charge in [0, 0.05) is 29.6 Å². The third-order valence-electron chi connectivity index (χ3n) is 3.32. The van der Waals surface area contributed by atoms with Crippen LogP contribution in [0.5, 0.6) is 5.75 Å². The van der Waals surface area contributed by atoms with E-state index in [1.807, 2.05) is 37.3 Å². The second-order valence-corrected chi connectivity index (χ2v) is 5.67. The minimum atomic E-state index is -0.147. The van der Waals surface area contributed by atoms with E-state index in [4.69, 9.17) is 21.1 Å². The van der Waals surface area contributed by atoms with E-state index in [0.717, 1.165) is 17.0 Å². The number of ether oxygens (including phenoxy) is 2. The normalized spacial score (nSPS) is 10.3. The number of halogens is 1. The molecule has 2 N–H and O–H groups in total. The fourth-order valence-corrected chi connectivity index (χ4v) is 2.22. The van der Waals surface area contributed by atoms with Crippen LogP contribution in [0.2, 0.25) is 5.02 Å². The lowest BCUT2D eigenvalue weighted by molar-refractivity contribution is -0.114. The van der Waals surface area contributed by atoms with Crippen LogP contribution >= 0.6 is 11.6 Å². The maximum atomic E-state index is 12.1. The van der Waals surface area contributed by atoms with Crippen molar-refractivity contribution in [1.82, 2.24) is 0 Å². The number of hydrogen-bond donors (Lipinski definition) is 2. The molecule has 1 amide bonds. The van der Waals surface area contributed by atoms with E-state index in [2.05, 4.69) is 10.6 Å². The Morgan fingerprint density at radius 3 is 2.79 bits per heavy atom. The summed E-state index contributed by atoms with van der Waals surface area (Å²) >= 11 is 5.95. The molecule has 2 rings (SSSR count). The quantitative estimate of drug-likeness (QED) is 0.714. The van der Waals surface area contributed by atoms with Gasteiger partial charge in [-0.25, -0.2) is 0 Å². The van der Waals surface area contributed by atoms with E-state index < -0.39 is 0 Å². The van der Waals surface area contributed by atoms with Crippen molar-refractivity contribution in [3.63, 3.8) is 0 Å². The first-order chi connectivity index (χ1) is 11.6. The summed E-state index contributed by atoms with van der Waals surface area (Å²) in [6.45, 7) is 3.07. The maximum Gasteiger partial charge on any atom is 0.243 e. The van der Waals surface area contributed by atoms with Crippen molar-refractivity contribution in [1.29, 1.82) is 0 Å². The number of aryl methyl sites for hydroxylation is 1. The van der Waals surface area contributed by atoms with Gasteiger partial charge in [0.05, 0.1) is 13.2 Å². The molecule has 0 heterocycles. The Kier molecular flexibility index (Phi) is 6.90. The molecule has 0 radical (unpaired) electrons. The van der Waals surface area contributed by atoms with E-state index in [-0.39, 0.29) is 12.5 Å². The number of carbonyl (C=O) groups is 1. The van der Waals surface area contributed by atoms with Gasteiger partial charge in [-0.1, -0.05) is 23.7 Å². The molecule has 0 aliphatic rings. The Balaban J connectivity index is 1.87. The second-order valence-electron chi connectivity index (χ2n) is 5.23. The molecule has 6 heteroatoms.